The van der Waals surface area contributed by atoms with Gasteiger partial charge in [0.25, 0.3) is 0 Å². The van der Waals surface area contributed by atoms with Gasteiger partial charge in [-0.15, -0.1) is 0 Å². The van der Waals surface area contributed by atoms with E-state index in [2.05, 4.69) is 28.7 Å². The molecule has 0 saturated heterocycles. The van der Waals surface area contributed by atoms with Crippen LogP contribution in [-0.2, 0) is 0 Å². The Hall–Kier alpha value is -0.380. The topological polar surface area (TPSA) is 23.8 Å². The van der Waals surface area contributed by atoms with E-state index in [4.69, 9.17) is 5.26 Å². The molecule has 0 aliphatic rings. The molecule has 0 atom stereocenters. The van der Waals surface area contributed by atoms with Crippen molar-refractivity contribution in [3.8, 4) is 6.07 Å². The van der Waals surface area contributed by atoms with Gasteiger partial charge in [-0.05, 0) is 13.8 Å². The van der Waals surface area contributed by atoms with Crippen LogP contribution in [-0.4, -0.2) is 15.7 Å². The molecule has 0 saturated carbocycles. The highest BCUT2D eigenvalue weighted by Crippen LogP contribution is 2.37. The van der Waals surface area contributed by atoms with E-state index in [-0.39, 0.29) is 10.6 Å². The lowest BCUT2D eigenvalue weighted by molar-refractivity contribution is 0.437. The van der Waals surface area contributed by atoms with Crippen molar-refractivity contribution < 1.29 is 0 Å². The molecule has 0 aliphatic carbocycles. The third-order valence-corrected chi connectivity index (χ3v) is 2.15. The lowest BCUT2D eigenvalue weighted by atomic mass is 9.44. The summed E-state index contributed by atoms with van der Waals surface area (Å²) < 4.78 is 0. The summed E-state index contributed by atoms with van der Waals surface area (Å²) in [5, 5.41) is 8.76. The Labute approximate surface area is 59.3 Å². The van der Waals surface area contributed by atoms with Gasteiger partial charge in [0.1, 0.15) is 15.7 Å². The summed E-state index contributed by atoms with van der Waals surface area (Å²) in [4.78, 5) is 0. The van der Waals surface area contributed by atoms with Gasteiger partial charge >= 0.3 is 0 Å². The molecule has 48 valence electrons. The lowest BCUT2D eigenvalue weighted by Gasteiger charge is -2.31. The van der Waals surface area contributed by atoms with Gasteiger partial charge in [0.05, 0.1) is 6.07 Å². The molecule has 0 radical (unpaired) electrons. The summed E-state index contributed by atoms with van der Waals surface area (Å²) in [7, 11) is 4.16. The first-order valence-electron chi connectivity index (χ1n) is 3.22. The normalized spacial score (nSPS) is 12.7. The Kier molecular flexibility index (Phi) is 2.01. The zero-order valence-corrected chi connectivity index (χ0v) is 6.95. The van der Waals surface area contributed by atoms with Crippen molar-refractivity contribution in [2.24, 2.45) is 5.41 Å². The predicted octanol–water partition coefficient (Wildman–Crippen LogP) is -0.0615. The van der Waals surface area contributed by atoms with E-state index in [1.165, 1.54) is 0 Å². The first kappa shape index (κ1) is 8.62. The molecule has 0 bridgehead atoms. The Morgan fingerprint density at radius 3 is 1.56 bits per heavy atom. The van der Waals surface area contributed by atoms with Gasteiger partial charge in [-0.25, -0.2) is 0 Å². The molecule has 0 N–H and O–H groups in total. The summed E-state index contributed by atoms with van der Waals surface area (Å²) in [5.74, 6) is 0. The molecule has 0 aromatic heterocycles. The first-order chi connectivity index (χ1) is 3.81. The summed E-state index contributed by atoms with van der Waals surface area (Å²) in [6, 6.07) is 2.28. The van der Waals surface area contributed by atoms with Gasteiger partial charge in [0, 0.05) is 5.41 Å². The molecule has 3 heteroatoms. The maximum atomic E-state index is 8.68. The summed E-state index contributed by atoms with van der Waals surface area (Å²) >= 11 is 0. The average Bonchev–Trinajstić information content (AvgIpc) is 1.64. The van der Waals surface area contributed by atoms with Crippen LogP contribution in [0.15, 0.2) is 0 Å². The Bertz CT molecular complexity index is 138. The van der Waals surface area contributed by atoms with E-state index in [0.29, 0.717) is 0 Å². The largest absolute Gasteiger partial charge is 0.198 e. The highest BCUT2D eigenvalue weighted by molar-refractivity contribution is 6.40. The molecule has 0 fully saturated rings. The molecular weight excluding hydrogens is 108 g/mol. The van der Waals surface area contributed by atoms with E-state index in [1.54, 1.807) is 0 Å². The second-order valence-electron chi connectivity index (χ2n) is 3.99. The fourth-order valence-corrected chi connectivity index (χ4v) is 0.168. The van der Waals surface area contributed by atoms with Gasteiger partial charge in [0.2, 0.25) is 0 Å². The van der Waals surface area contributed by atoms with Gasteiger partial charge in [-0.1, -0.05) is 12.1 Å². The minimum Gasteiger partial charge on any atom is -0.198 e. The highest BCUT2D eigenvalue weighted by Gasteiger charge is 2.32. The number of nitriles is 1. The first-order valence-corrected chi connectivity index (χ1v) is 3.22. The van der Waals surface area contributed by atoms with Crippen molar-refractivity contribution >= 4 is 15.7 Å². The Morgan fingerprint density at radius 2 is 1.56 bits per heavy atom. The average molecular weight is 121 g/mol. The molecule has 0 unspecified atom stereocenters. The highest BCUT2D eigenvalue weighted by atomic mass is 14.4. The molecular formula is C6H13B2N. The molecule has 0 aliphatic heterocycles. The molecule has 0 aromatic rings. The van der Waals surface area contributed by atoms with Crippen LogP contribution in [0.2, 0.25) is 5.21 Å². The molecule has 0 aromatic carbocycles. The van der Waals surface area contributed by atoms with Gasteiger partial charge in [-0.3, -0.25) is 0 Å². The Balaban J connectivity index is 4.39. The zero-order chi connectivity index (χ0) is 7.71. The number of hydrogen-bond donors (Lipinski definition) is 0. The zero-order valence-electron chi connectivity index (χ0n) is 6.95. The van der Waals surface area contributed by atoms with Gasteiger partial charge in [-0.2, -0.15) is 5.26 Å². The van der Waals surface area contributed by atoms with E-state index in [0.717, 1.165) is 0 Å². The minimum atomic E-state index is -0.215. The molecule has 1 nitrogen and oxygen atoms in total. The third-order valence-electron chi connectivity index (χ3n) is 2.15. The molecule has 9 heavy (non-hydrogen) atoms. The molecule has 0 heterocycles. The van der Waals surface area contributed by atoms with E-state index in [9.17, 15) is 0 Å². The van der Waals surface area contributed by atoms with Crippen LogP contribution in [0.4, 0.5) is 0 Å². The van der Waals surface area contributed by atoms with Crippen LogP contribution in [0.25, 0.3) is 0 Å². The van der Waals surface area contributed by atoms with E-state index >= 15 is 0 Å². The van der Waals surface area contributed by atoms with Crippen LogP contribution in [0, 0.1) is 16.7 Å². The summed E-state index contributed by atoms with van der Waals surface area (Å²) in [5.41, 5.74) is -0.215. The third kappa shape index (κ3) is 1.78. The predicted molar refractivity (Wildman–Crippen MR) is 44.8 cm³/mol. The summed E-state index contributed by atoms with van der Waals surface area (Å²) in [6.45, 7) is 6.01. The van der Waals surface area contributed by atoms with Crippen molar-refractivity contribution in [2.75, 3.05) is 0 Å². The van der Waals surface area contributed by atoms with Crippen LogP contribution in [0.1, 0.15) is 20.8 Å². The maximum absolute atomic E-state index is 8.68. The van der Waals surface area contributed by atoms with E-state index < -0.39 is 0 Å². The minimum absolute atomic E-state index is 0.0851. The second-order valence-corrected chi connectivity index (χ2v) is 3.99. The van der Waals surface area contributed by atoms with Crippen molar-refractivity contribution in [2.45, 2.75) is 26.0 Å². The number of nitrogens with zero attached hydrogens (tertiary/aromatic N) is 1. The molecule has 0 spiro atoms. The smallest absolute Gasteiger partial charge is 0.101 e. The second kappa shape index (κ2) is 2.10. The van der Waals surface area contributed by atoms with Crippen LogP contribution < -0.4 is 0 Å². The lowest BCUT2D eigenvalue weighted by Crippen LogP contribution is -2.27. The van der Waals surface area contributed by atoms with E-state index in [1.807, 2.05) is 13.8 Å². The fraction of sp³-hybridized carbons (Fsp3) is 0.833. The summed E-state index contributed by atoms with van der Waals surface area (Å²) in [6.07, 6.45) is 0. The monoisotopic (exact) mass is 121 g/mol. The van der Waals surface area contributed by atoms with Crippen molar-refractivity contribution in [3.05, 3.63) is 0 Å². The van der Waals surface area contributed by atoms with Crippen LogP contribution in [0.3, 0.4) is 0 Å². The molecule has 0 amide bonds. The van der Waals surface area contributed by atoms with Crippen LogP contribution in [0.5, 0.6) is 0 Å². The van der Waals surface area contributed by atoms with Crippen molar-refractivity contribution in [1.29, 1.82) is 5.26 Å². The maximum Gasteiger partial charge on any atom is 0.101 e. The SMILES string of the molecule is BC(B)(C)C(C)(C)C#N. The molecule has 0 rings (SSSR count). The van der Waals surface area contributed by atoms with Crippen LogP contribution >= 0.6 is 0 Å². The van der Waals surface area contributed by atoms with Gasteiger partial charge < -0.3 is 0 Å². The van der Waals surface area contributed by atoms with Crippen molar-refractivity contribution in [1.82, 2.24) is 0 Å². The fourth-order valence-electron chi connectivity index (χ4n) is 0.168. The number of hydrogen-bond acceptors (Lipinski definition) is 1. The van der Waals surface area contributed by atoms with Gasteiger partial charge in [0.15, 0.2) is 0 Å². The number of rotatable bonds is 1. The Morgan fingerprint density at radius 1 is 1.22 bits per heavy atom. The standard InChI is InChI=1S/C6H13B2N/c1-5(2,4-9)6(3,7)8/h7-8H2,1-3H3. The quantitative estimate of drug-likeness (QED) is 0.445. The van der Waals surface area contributed by atoms with Crippen molar-refractivity contribution in [3.63, 3.8) is 0 Å².